The van der Waals surface area contributed by atoms with Crippen LogP contribution in [-0.2, 0) is 13.1 Å². The molecule has 0 aliphatic heterocycles. The first kappa shape index (κ1) is 11.8. The molecule has 0 aromatic carbocycles. The van der Waals surface area contributed by atoms with Crippen molar-refractivity contribution < 1.29 is 0 Å². The van der Waals surface area contributed by atoms with Gasteiger partial charge in [-0.25, -0.2) is 4.98 Å². The van der Waals surface area contributed by atoms with Gasteiger partial charge in [0.15, 0.2) is 0 Å². The molecular weight excluding hydrogens is 284 g/mol. The van der Waals surface area contributed by atoms with E-state index in [0.717, 1.165) is 23.4 Å². The smallest absolute Gasteiger partial charge is 0.106 e. The third kappa shape index (κ3) is 3.14. The molecule has 0 unspecified atom stereocenters. The van der Waals surface area contributed by atoms with E-state index in [1.54, 1.807) is 11.3 Å². The molecule has 0 bridgehead atoms. The Hall–Kier alpha value is -0.710. The Labute approximate surface area is 108 Å². The summed E-state index contributed by atoms with van der Waals surface area (Å²) in [4.78, 5) is 5.77. The molecule has 16 heavy (non-hydrogen) atoms. The normalized spacial score (nSPS) is 10.6. The highest BCUT2D eigenvalue weighted by Gasteiger charge is 2.00. The van der Waals surface area contributed by atoms with E-state index >= 15 is 0 Å². The van der Waals surface area contributed by atoms with Crippen molar-refractivity contribution in [3.63, 3.8) is 0 Å². The summed E-state index contributed by atoms with van der Waals surface area (Å²) in [5, 5.41) is 5.53. The zero-order valence-corrected chi connectivity index (χ0v) is 11.4. The van der Waals surface area contributed by atoms with Crippen LogP contribution in [0.15, 0.2) is 34.2 Å². The maximum absolute atomic E-state index is 4.37. The summed E-state index contributed by atoms with van der Waals surface area (Å²) in [5.74, 6) is 0. The quantitative estimate of drug-likeness (QED) is 0.874. The number of nitrogens with one attached hydrogen (secondary N) is 1. The third-order valence-electron chi connectivity index (χ3n) is 2.33. The Bertz CT molecular complexity index is 468. The van der Waals surface area contributed by atoms with Gasteiger partial charge in [0.25, 0.3) is 0 Å². The monoisotopic (exact) mass is 296 g/mol. The topological polar surface area (TPSA) is 24.9 Å². The Morgan fingerprint density at radius 3 is 2.88 bits per heavy atom. The van der Waals surface area contributed by atoms with E-state index in [2.05, 4.69) is 44.6 Å². The van der Waals surface area contributed by atoms with Gasteiger partial charge in [-0.2, -0.15) is 0 Å². The Kier molecular flexibility index (Phi) is 4.09. The van der Waals surface area contributed by atoms with Gasteiger partial charge in [-0.05, 0) is 52.0 Å². The Morgan fingerprint density at radius 1 is 1.31 bits per heavy atom. The number of aryl methyl sites for hydroxylation is 1. The molecule has 0 aliphatic rings. The van der Waals surface area contributed by atoms with Gasteiger partial charge in [0.05, 0.1) is 5.69 Å². The molecule has 0 spiro atoms. The van der Waals surface area contributed by atoms with Crippen LogP contribution < -0.4 is 5.32 Å². The number of thiophene rings is 1. The van der Waals surface area contributed by atoms with Crippen LogP contribution in [0.5, 0.6) is 0 Å². The minimum Gasteiger partial charge on any atom is -0.306 e. The summed E-state index contributed by atoms with van der Waals surface area (Å²) in [7, 11) is 0. The molecule has 0 saturated carbocycles. The van der Waals surface area contributed by atoms with Gasteiger partial charge in [-0.1, -0.05) is 6.07 Å². The van der Waals surface area contributed by atoms with Crippen LogP contribution in [-0.4, -0.2) is 4.98 Å². The predicted molar refractivity (Wildman–Crippen MR) is 71.5 cm³/mol. The number of hydrogen-bond donors (Lipinski definition) is 1. The number of nitrogens with zero attached hydrogens (tertiary/aromatic N) is 1. The number of pyridine rings is 1. The highest BCUT2D eigenvalue weighted by Crippen LogP contribution is 2.15. The lowest BCUT2D eigenvalue weighted by molar-refractivity contribution is 0.683. The molecule has 2 aromatic rings. The fourth-order valence-corrected chi connectivity index (χ4v) is 2.69. The van der Waals surface area contributed by atoms with Crippen molar-refractivity contribution in [3.8, 4) is 0 Å². The van der Waals surface area contributed by atoms with Gasteiger partial charge in [-0.15, -0.1) is 11.3 Å². The van der Waals surface area contributed by atoms with Crippen molar-refractivity contribution >= 4 is 27.3 Å². The van der Waals surface area contributed by atoms with Crippen molar-refractivity contribution in [2.75, 3.05) is 0 Å². The SMILES string of the molecule is Cc1ccsc1CNCc1cccc(Br)n1. The van der Waals surface area contributed by atoms with Crippen LogP contribution in [0.2, 0.25) is 0 Å². The number of hydrogen-bond acceptors (Lipinski definition) is 3. The maximum Gasteiger partial charge on any atom is 0.106 e. The highest BCUT2D eigenvalue weighted by molar-refractivity contribution is 9.10. The molecule has 2 heterocycles. The van der Waals surface area contributed by atoms with Gasteiger partial charge in [-0.3, -0.25) is 0 Å². The molecule has 4 heteroatoms. The van der Waals surface area contributed by atoms with Crippen molar-refractivity contribution in [2.24, 2.45) is 0 Å². The molecule has 1 N–H and O–H groups in total. The second-order valence-electron chi connectivity index (χ2n) is 3.58. The maximum atomic E-state index is 4.37. The standard InChI is InChI=1S/C12H13BrN2S/c1-9-5-6-16-11(9)8-14-7-10-3-2-4-12(13)15-10/h2-6,14H,7-8H2,1H3. The van der Waals surface area contributed by atoms with E-state index in [0.29, 0.717) is 0 Å². The molecule has 0 fully saturated rings. The van der Waals surface area contributed by atoms with Crippen molar-refractivity contribution in [3.05, 3.63) is 50.4 Å². The zero-order chi connectivity index (χ0) is 11.4. The number of aromatic nitrogens is 1. The lowest BCUT2D eigenvalue weighted by Crippen LogP contribution is -2.13. The van der Waals surface area contributed by atoms with Crippen LogP contribution >= 0.6 is 27.3 Å². The molecule has 0 aliphatic carbocycles. The Morgan fingerprint density at radius 2 is 2.19 bits per heavy atom. The van der Waals surface area contributed by atoms with E-state index < -0.39 is 0 Å². The lowest BCUT2D eigenvalue weighted by Gasteiger charge is -2.04. The first-order valence-electron chi connectivity index (χ1n) is 5.11. The zero-order valence-electron chi connectivity index (χ0n) is 9.03. The van der Waals surface area contributed by atoms with E-state index in [1.807, 2.05) is 18.2 Å². The molecule has 0 saturated heterocycles. The van der Waals surface area contributed by atoms with Crippen LogP contribution in [0.1, 0.15) is 16.1 Å². The van der Waals surface area contributed by atoms with Crippen LogP contribution in [0.3, 0.4) is 0 Å². The Balaban J connectivity index is 1.87. The minimum absolute atomic E-state index is 0.802. The fraction of sp³-hybridized carbons (Fsp3) is 0.250. The van der Waals surface area contributed by atoms with E-state index in [1.165, 1.54) is 10.4 Å². The third-order valence-corrected chi connectivity index (χ3v) is 3.80. The summed E-state index contributed by atoms with van der Waals surface area (Å²) in [6, 6.07) is 8.12. The van der Waals surface area contributed by atoms with Gasteiger partial charge >= 0.3 is 0 Å². The first-order chi connectivity index (χ1) is 7.75. The molecule has 2 rings (SSSR count). The van der Waals surface area contributed by atoms with Crippen LogP contribution in [0.4, 0.5) is 0 Å². The molecule has 2 aromatic heterocycles. The van der Waals surface area contributed by atoms with Crippen molar-refractivity contribution in [2.45, 2.75) is 20.0 Å². The second-order valence-corrected chi connectivity index (χ2v) is 5.40. The van der Waals surface area contributed by atoms with E-state index in [9.17, 15) is 0 Å². The summed E-state index contributed by atoms with van der Waals surface area (Å²) < 4.78 is 0.888. The number of rotatable bonds is 4. The number of halogens is 1. The van der Waals surface area contributed by atoms with Crippen molar-refractivity contribution in [1.82, 2.24) is 10.3 Å². The van der Waals surface area contributed by atoms with Gasteiger partial charge < -0.3 is 5.32 Å². The summed E-state index contributed by atoms with van der Waals surface area (Å²) in [6.45, 7) is 3.86. The lowest BCUT2D eigenvalue weighted by atomic mass is 10.3. The van der Waals surface area contributed by atoms with Crippen molar-refractivity contribution in [1.29, 1.82) is 0 Å². The predicted octanol–water partition coefficient (Wildman–Crippen LogP) is 3.50. The summed E-state index contributed by atoms with van der Waals surface area (Å²) in [6.07, 6.45) is 0. The average Bonchev–Trinajstić information content (AvgIpc) is 2.65. The molecule has 0 atom stereocenters. The average molecular weight is 297 g/mol. The molecular formula is C12H13BrN2S. The van der Waals surface area contributed by atoms with E-state index in [4.69, 9.17) is 0 Å². The highest BCUT2D eigenvalue weighted by atomic mass is 79.9. The summed E-state index contributed by atoms with van der Waals surface area (Å²) in [5.41, 5.74) is 2.42. The second kappa shape index (κ2) is 5.57. The van der Waals surface area contributed by atoms with Gasteiger partial charge in [0.1, 0.15) is 4.60 Å². The van der Waals surface area contributed by atoms with Crippen LogP contribution in [0, 0.1) is 6.92 Å². The van der Waals surface area contributed by atoms with Crippen LogP contribution in [0.25, 0.3) is 0 Å². The van der Waals surface area contributed by atoms with Gasteiger partial charge in [0.2, 0.25) is 0 Å². The fourth-order valence-electron chi connectivity index (χ4n) is 1.44. The molecule has 0 amide bonds. The van der Waals surface area contributed by atoms with E-state index in [-0.39, 0.29) is 0 Å². The molecule has 2 nitrogen and oxygen atoms in total. The molecule has 84 valence electrons. The first-order valence-corrected chi connectivity index (χ1v) is 6.78. The largest absolute Gasteiger partial charge is 0.306 e. The van der Waals surface area contributed by atoms with Gasteiger partial charge in [0, 0.05) is 18.0 Å². The summed E-state index contributed by atoms with van der Waals surface area (Å²) >= 11 is 5.16. The minimum atomic E-state index is 0.802. The molecule has 0 radical (unpaired) electrons.